The molecule has 84 valence electrons. The molecule has 2 nitrogen and oxygen atoms in total. The molecule has 0 spiro atoms. The molecule has 1 N–H and O–H groups in total. The average molecular weight is 233 g/mol. The SMILES string of the molecule is CC(C)c1scnc1-c1cccc(CO)c1. The summed E-state index contributed by atoms with van der Waals surface area (Å²) in [6, 6.07) is 7.93. The Bertz CT molecular complexity index is 476. The molecule has 2 rings (SSSR count). The molecular weight excluding hydrogens is 218 g/mol. The summed E-state index contributed by atoms with van der Waals surface area (Å²) in [5, 5.41) is 9.12. The molecule has 0 saturated carbocycles. The van der Waals surface area contributed by atoms with Crippen molar-refractivity contribution in [2.45, 2.75) is 26.4 Å². The number of rotatable bonds is 3. The minimum absolute atomic E-state index is 0.0784. The Kier molecular flexibility index (Phi) is 3.36. The van der Waals surface area contributed by atoms with Gasteiger partial charge in [-0.15, -0.1) is 11.3 Å². The fraction of sp³-hybridized carbons (Fsp3) is 0.308. The Morgan fingerprint density at radius 2 is 2.19 bits per heavy atom. The van der Waals surface area contributed by atoms with Crippen LogP contribution >= 0.6 is 11.3 Å². The predicted molar refractivity (Wildman–Crippen MR) is 67.6 cm³/mol. The van der Waals surface area contributed by atoms with Crippen LogP contribution in [0.4, 0.5) is 0 Å². The highest BCUT2D eigenvalue weighted by Gasteiger charge is 2.11. The maximum absolute atomic E-state index is 9.12. The Labute approximate surface area is 99.6 Å². The van der Waals surface area contributed by atoms with Crippen LogP contribution in [0.1, 0.15) is 30.2 Å². The molecule has 0 radical (unpaired) electrons. The van der Waals surface area contributed by atoms with Crippen molar-refractivity contribution in [1.82, 2.24) is 4.98 Å². The molecule has 1 aromatic heterocycles. The lowest BCUT2D eigenvalue weighted by atomic mass is 10.0. The second-order valence-electron chi connectivity index (χ2n) is 4.08. The molecule has 0 saturated heterocycles. The summed E-state index contributed by atoms with van der Waals surface area (Å²) in [6.45, 7) is 4.43. The van der Waals surface area contributed by atoms with Crippen molar-refractivity contribution in [3.8, 4) is 11.3 Å². The van der Waals surface area contributed by atoms with E-state index < -0.39 is 0 Å². The Morgan fingerprint density at radius 1 is 1.38 bits per heavy atom. The van der Waals surface area contributed by atoms with Crippen molar-refractivity contribution in [1.29, 1.82) is 0 Å². The van der Waals surface area contributed by atoms with Crippen molar-refractivity contribution in [3.63, 3.8) is 0 Å². The number of hydrogen-bond donors (Lipinski definition) is 1. The third kappa shape index (κ3) is 2.15. The van der Waals surface area contributed by atoms with Crippen LogP contribution in [-0.4, -0.2) is 10.1 Å². The zero-order valence-electron chi connectivity index (χ0n) is 9.47. The topological polar surface area (TPSA) is 33.1 Å². The number of thiazole rings is 1. The zero-order chi connectivity index (χ0) is 11.5. The van der Waals surface area contributed by atoms with Crippen molar-refractivity contribution in [3.05, 3.63) is 40.2 Å². The van der Waals surface area contributed by atoms with E-state index in [2.05, 4.69) is 18.8 Å². The Balaban J connectivity index is 2.46. The molecule has 1 aromatic carbocycles. The fourth-order valence-corrected chi connectivity index (χ4v) is 2.52. The highest BCUT2D eigenvalue weighted by molar-refractivity contribution is 7.10. The van der Waals surface area contributed by atoms with Crippen molar-refractivity contribution in [2.75, 3.05) is 0 Å². The van der Waals surface area contributed by atoms with Gasteiger partial charge in [0.05, 0.1) is 17.8 Å². The highest BCUT2D eigenvalue weighted by Crippen LogP contribution is 2.31. The number of nitrogens with zero attached hydrogens (tertiary/aromatic N) is 1. The van der Waals surface area contributed by atoms with E-state index in [-0.39, 0.29) is 6.61 Å². The molecule has 0 aliphatic carbocycles. The highest BCUT2D eigenvalue weighted by atomic mass is 32.1. The number of aliphatic hydroxyl groups is 1. The van der Waals surface area contributed by atoms with Gasteiger partial charge in [-0.05, 0) is 17.5 Å². The summed E-state index contributed by atoms with van der Waals surface area (Å²) < 4.78 is 0. The van der Waals surface area contributed by atoms with Crippen LogP contribution < -0.4 is 0 Å². The minimum Gasteiger partial charge on any atom is -0.392 e. The van der Waals surface area contributed by atoms with Crippen molar-refractivity contribution < 1.29 is 5.11 Å². The Morgan fingerprint density at radius 3 is 2.88 bits per heavy atom. The third-order valence-corrected chi connectivity index (χ3v) is 3.63. The molecule has 0 fully saturated rings. The molecule has 3 heteroatoms. The molecule has 2 aromatic rings. The summed E-state index contributed by atoms with van der Waals surface area (Å²) in [5.74, 6) is 0.486. The summed E-state index contributed by atoms with van der Waals surface area (Å²) in [7, 11) is 0. The normalized spacial score (nSPS) is 11.0. The summed E-state index contributed by atoms with van der Waals surface area (Å²) >= 11 is 1.69. The van der Waals surface area contributed by atoms with Gasteiger partial charge in [0.15, 0.2) is 0 Å². The van der Waals surface area contributed by atoms with E-state index in [0.717, 1.165) is 16.8 Å². The molecule has 0 aliphatic rings. The summed E-state index contributed by atoms with van der Waals surface area (Å²) in [6.07, 6.45) is 0. The van der Waals surface area contributed by atoms with Crippen LogP contribution in [0, 0.1) is 0 Å². The summed E-state index contributed by atoms with van der Waals surface area (Å²) in [5.41, 5.74) is 4.96. The van der Waals surface area contributed by atoms with E-state index in [0.29, 0.717) is 5.92 Å². The van der Waals surface area contributed by atoms with Gasteiger partial charge in [0.1, 0.15) is 0 Å². The maximum atomic E-state index is 9.12. The van der Waals surface area contributed by atoms with Gasteiger partial charge in [0.2, 0.25) is 0 Å². The number of aliphatic hydroxyl groups excluding tert-OH is 1. The van der Waals surface area contributed by atoms with E-state index in [1.54, 1.807) is 11.3 Å². The van der Waals surface area contributed by atoms with E-state index in [1.165, 1.54) is 4.88 Å². The third-order valence-electron chi connectivity index (χ3n) is 2.50. The minimum atomic E-state index is 0.0784. The number of aromatic nitrogens is 1. The first-order valence-corrected chi connectivity index (χ1v) is 6.24. The fourth-order valence-electron chi connectivity index (χ4n) is 1.70. The number of benzene rings is 1. The van der Waals surface area contributed by atoms with Crippen LogP contribution in [0.2, 0.25) is 0 Å². The number of hydrogen-bond acceptors (Lipinski definition) is 3. The molecule has 0 atom stereocenters. The first-order valence-electron chi connectivity index (χ1n) is 5.36. The second-order valence-corrected chi connectivity index (χ2v) is 4.96. The maximum Gasteiger partial charge on any atom is 0.0845 e. The van der Waals surface area contributed by atoms with Gasteiger partial charge in [-0.2, -0.15) is 0 Å². The molecule has 16 heavy (non-hydrogen) atoms. The van der Waals surface area contributed by atoms with Gasteiger partial charge in [-0.3, -0.25) is 0 Å². The van der Waals surface area contributed by atoms with E-state index in [9.17, 15) is 0 Å². The zero-order valence-corrected chi connectivity index (χ0v) is 10.3. The molecule has 0 amide bonds. The van der Waals surface area contributed by atoms with E-state index in [4.69, 9.17) is 5.11 Å². The monoisotopic (exact) mass is 233 g/mol. The predicted octanol–water partition coefficient (Wildman–Crippen LogP) is 3.43. The van der Waals surface area contributed by atoms with Crippen molar-refractivity contribution >= 4 is 11.3 Å². The van der Waals surface area contributed by atoms with Crippen LogP contribution in [0.5, 0.6) is 0 Å². The van der Waals surface area contributed by atoms with Gasteiger partial charge in [-0.25, -0.2) is 4.98 Å². The van der Waals surface area contributed by atoms with Gasteiger partial charge in [0.25, 0.3) is 0 Å². The lowest BCUT2D eigenvalue weighted by Crippen LogP contribution is -1.90. The van der Waals surface area contributed by atoms with Crippen LogP contribution in [-0.2, 0) is 6.61 Å². The molecule has 0 unspecified atom stereocenters. The summed E-state index contributed by atoms with van der Waals surface area (Å²) in [4.78, 5) is 5.72. The van der Waals surface area contributed by atoms with Gasteiger partial charge >= 0.3 is 0 Å². The molecule has 0 aliphatic heterocycles. The lowest BCUT2D eigenvalue weighted by molar-refractivity contribution is 0.282. The van der Waals surface area contributed by atoms with Gasteiger partial charge < -0.3 is 5.11 Å². The van der Waals surface area contributed by atoms with Crippen LogP contribution in [0.15, 0.2) is 29.8 Å². The smallest absolute Gasteiger partial charge is 0.0845 e. The van der Waals surface area contributed by atoms with Crippen LogP contribution in [0.25, 0.3) is 11.3 Å². The Hall–Kier alpha value is -1.19. The first kappa shape index (κ1) is 11.3. The second kappa shape index (κ2) is 4.76. The largest absolute Gasteiger partial charge is 0.392 e. The molecular formula is C13H15NOS. The standard InChI is InChI=1S/C13H15NOS/c1-9(2)13-12(14-8-16-13)11-5-3-4-10(6-11)7-15/h3-6,8-9,15H,7H2,1-2H3. The van der Waals surface area contributed by atoms with E-state index >= 15 is 0 Å². The van der Waals surface area contributed by atoms with E-state index in [1.807, 2.05) is 29.8 Å². The van der Waals surface area contributed by atoms with Gasteiger partial charge in [-0.1, -0.05) is 32.0 Å². The average Bonchev–Trinajstić information content (AvgIpc) is 2.78. The molecule has 1 heterocycles. The van der Waals surface area contributed by atoms with Gasteiger partial charge in [0, 0.05) is 10.4 Å². The molecule has 0 bridgehead atoms. The quantitative estimate of drug-likeness (QED) is 0.881. The van der Waals surface area contributed by atoms with Crippen molar-refractivity contribution in [2.24, 2.45) is 0 Å². The first-order chi connectivity index (χ1) is 7.72. The lowest BCUT2D eigenvalue weighted by Gasteiger charge is -2.06. The van der Waals surface area contributed by atoms with Crippen LogP contribution in [0.3, 0.4) is 0 Å².